The Morgan fingerprint density at radius 1 is 1.53 bits per heavy atom. The molecule has 1 aromatic carbocycles. The SMILES string of the molecule is NC[C@H]1CC[C@@H](C(=O)NCc2cc(F)ccc2Br)O1. The van der Waals surface area contributed by atoms with Gasteiger partial charge in [-0.05, 0) is 36.6 Å². The van der Waals surface area contributed by atoms with Crippen LogP contribution in [0.3, 0.4) is 0 Å². The topological polar surface area (TPSA) is 64.4 Å². The van der Waals surface area contributed by atoms with E-state index in [1.165, 1.54) is 12.1 Å². The van der Waals surface area contributed by atoms with Crippen molar-refractivity contribution in [2.75, 3.05) is 6.54 Å². The molecule has 2 atom stereocenters. The van der Waals surface area contributed by atoms with E-state index in [-0.39, 0.29) is 24.4 Å². The van der Waals surface area contributed by atoms with Gasteiger partial charge >= 0.3 is 0 Å². The quantitative estimate of drug-likeness (QED) is 0.883. The summed E-state index contributed by atoms with van der Waals surface area (Å²) in [5, 5.41) is 2.75. The van der Waals surface area contributed by atoms with Crippen LogP contribution in [0, 0.1) is 5.82 Å². The van der Waals surface area contributed by atoms with Gasteiger partial charge in [-0.3, -0.25) is 4.79 Å². The zero-order valence-corrected chi connectivity index (χ0v) is 12.0. The van der Waals surface area contributed by atoms with E-state index in [0.717, 1.165) is 10.9 Å². The van der Waals surface area contributed by atoms with Crippen molar-refractivity contribution in [3.8, 4) is 0 Å². The first-order chi connectivity index (χ1) is 9.10. The fraction of sp³-hybridized carbons (Fsp3) is 0.462. The molecule has 0 unspecified atom stereocenters. The van der Waals surface area contributed by atoms with Crippen molar-refractivity contribution in [3.05, 3.63) is 34.1 Å². The zero-order chi connectivity index (χ0) is 13.8. The molecule has 104 valence electrons. The minimum atomic E-state index is -0.444. The minimum Gasteiger partial charge on any atom is -0.364 e. The molecular weight excluding hydrogens is 315 g/mol. The predicted octanol–water partition coefficient (Wildman–Crippen LogP) is 1.71. The van der Waals surface area contributed by atoms with Crippen LogP contribution in [0.4, 0.5) is 4.39 Å². The minimum absolute atomic E-state index is 0.0309. The van der Waals surface area contributed by atoms with Gasteiger partial charge in [0.2, 0.25) is 5.91 Å². The summed E-state index contributed by atoms with van der Waals surface area (Å²) in [6.45, 7) is 0.698. The molecule has 0 saturated carbocycles. The van der Waals surface area contributed by atoms with E-state index in [4.69, 9.17) is 10.5 Å². The smallest absolute Gasteiger partial charge is 0.249 e. The molecule has 1 aromatic rings. The second kappa shape index (κ2) is 6.45. The van der Waals surface area contributed by atoms with E-state index in [1.54, 1.807) is 6.07 Å². The van der Waals surface area contributed by atoms with Gasteiger partial charge in [0.25, 0.3) is 0 Å². The molecule has 19 heavy (non-hydrogen) atoms. The van der Waals surface area contributed by atoms with E-state index in [2.05, 4.69) is 21.2 Å². The van der Waals surface area contributed by atoms with E-state index >= 15 is 0 Å². The maximum atomic E-state index is 13.1. The van der Waals surface area contributed by atoms with Gasteiger partial charge in [0.15, 0.2) is 0 Å². The zero-order valence-electron chi connectivity index (χ0n) is 10.4. The third-order valence-electron chi connectivity index (χ3n) is 3.12. The molecule has 6 heteroatoms. The lowest BCUT2D eigenvalue weighted by Crippen LogP contribution is -2.35. The molecule has 0 spiro atoms. The Kier molecular flexibility index (Phi) is 4.90. The summed E-state index contributed by atoms with van der Waals surface area (Å²) in [5.41, 5.74) is 6.19. The maximum absolute atomic E-state index is 13.1. The molecule has 0 radical (unpaired) electrons. The van der Waals surface area contributed by atoms with Crippen molar-refractivity contribution in [2.45, 2.75) is 31.6 Å². The van der Waals surface area contributed by atoms with Crippen LogP contribution in [0.2, 0.25) is 0 Å². The largest absolute Gasteiger partial charge is 0.364 e. The molecule has 1 aliphatic rings. The van der Waals surface area contributed by atoms with Gasteiger partial charge in [0.05, 0.1) is 6.10 Å². The first kappa shape index (κ1) is 14.4. The highest BCUT2D eigenvalue weighted by Crippen LogP contribution is 2.20. The fourth-order valence-electron chi connectivity index (χ4n) is 2.05. The van der Waals surface area contributed by atoms with Crippen molar-refractivity contribution in [2.24, 2.45) is 5.73 Å². The van der Waals surface area contributed by atoms with Crippen molar-refractivity contribution in [3.63, 3.8) is 0 Å². The Morgan fingerprint density at radius 2 is 2.32 bits per heavy atom. The van der Waals surface area contributed by atoms with Crippen molar-refractivity contribution < 1.29 is 13.9 Å². The summed E-state index contributed by atoms with van der Waals surface area (Å²) < 4.78 is 19.4. The van der Waals surface area contributed by atoms with Gasteiger partial charge in [0.1, 0.15) is 11.9 Å². The number of nitrogens with one attached hydrogen (secondary N) is 1. The summed E-state index contributed by atoms with van der Waals surface area (Å²) in [6, 6.07) is 4.37. The Morgan fingerprint density at radius 3 is 3.00 bits per heavy atom. The molecule has 1 heterocycles. The second-order valence-corrected chi connectivity index (χ2v) is 5.37. The van der Waals surface area contributed by atoms with Gasteiger partial charge < -0.3 is 15.8 Å². The summed E-state index contributed by atoms with van der Waals surface area (Å²) in [6.07, 6.45) is 1.01. The van der Waals surface area contributed by atoms with Gasteiger partial charge in [-0.25, -0.2) is 4.39 Å². The fourth-order valence-corrected chi connectivity index (χ4v) is 2.43. The van der Waals surface area contributed by atoms with Crippen LogP contribution in [0.1, 0.15) is 18.4 Å². The Bertz CT molecular complexity index is 470. The average molecular weight is 331 g/mol. The van der Waals surface area contributed by atoms with E-state index < -0.39 is 6.10 Å². The Balaban J connectivity index is 1.88. The highest BCUT2D eigenvalue weighted by molar-refractivity contribution is 9.10. The molecule has 3 N–H and O–H groups in total. The monoisotopic (exact) mass is 330 g/mol. The first-order valence-corrected chi connectivity index (χ1v) is 6.96. The highest BCUT2D eigenvalue weighted by atomic mass is 79.9. The number of ether oxygens (including phenoxy) is 1. The molecular formula is C13H16BrFN2O2. The number of rotatable bonds is 4. The van der Waals surface area contributed by atoms with E-state index in [0.29, 0.717) is 18.5 Å². The summed E-state index contributed by atoms with van der Waals surface area (Å²) in [5.74, 6) is -0.500. The first-order valence-electron chi connectivity index (χ1n) is 6.17. The molecule has 1 fully saturated rings. The average Bonchev–Trinajstić information content (AvgIpc) is 2.88. The van der Waals surface area contributed by atoms with Crippen LogP contribution >= 0.6 is 15.9 Å². The van der Waals surface area contributed by atoms with Crippen molar-refractivity contribution >= 4 is 21.8 Å². The number of benzene rings is 1. The summed E-state index contributed by atoms with van der Waals surface area (Å²) in [7, 11) is 0. The van der Waals surface area contributed by atoms with Crippen LogP contribution in [0.15, 0.2) is 22.7 Å². The number of hydrogen-bond donors (Lipinski definition) is 2. The highest BCUT2D eigenvalue weighted by Gasteiger charge is 2.29. The summed E-state index contributed by atoms with van der Waals surface area (Å²) in [4.78, 5) is 11.9. The maximum Gasteiger partial charge on any atom is 0.249 e. The number of hydrogen-bond acceptors (Lipinski definition) is 3. The summed E-state index contributed by atoms with van der Waals surface area (Å²) >= 11 is 3.32. The van der Waals surface area contributed by atoms with Gasteiger partial charge in [-0.1, -0.05) is 15.9 Å². The van der Waals surface area contributed by atoms with Crippen LogP contribution < -0.4 is 11.1 Å². The lowest BCUT2D eigenvalue weighted by atomic mass is 10.2. The van der Waals surface area contributed by atoms with Crippen LogP contribution in [0.25, 0.3) is 0 Å². The Labute approximate surface area is 119 Å². The van der Waals surface area contributed by atoms with Crippen LogP contribution in [-0.4, -0.2) is 24.7 Å². The Hall–Kier alpha value is -0.980. The van der Waals surface area contributed by atoms with Crippen LogP contribution in [-0.2, 0) is 16.1 Å². The third kappa shape index (κ3) is 3.75. The lowest BCUT2D eigenvalue weighted by Gasteiger charge is -2.13. The number of carbonyl (C=O) groups excluding carboxylic acids is 1. The molecule has 0 aromatic heterocycles. The molecule has 1 amide bonds. The van der Waals surface area contributed by atoms with Gasteiger partial charge in [-0.15, -0.1) is 0 Å². The molecule has 0 bridgehead atoms. The second-order valence-electron chi connectivity index (χ2n) is 4.51. The number of halogens is 2. The molecule has 1 saturated heterocycles. The number of carbonyl (C=O) groups is 1. The van der Waals surface area contributed by atoms with Crippen LogP contribution in [0.5, 0.6) is 0 Å². The molecule has 4 nitrogen and oxygen atoms in total. The third-order valence-corrected chi connectivity index (χ3v) is 3.90. The van der Waals surface area contributed by atoms with Crippen molar-refractivity contribution in [1.82, 2.24) is 5.32 Å². The standard InChI is InChI=1S/C13H16BrFN2O2/c14-11-3-1-9(15)5-8(11)7-17-13(18)12-4-2-10(6-16)19-12/h1,3,5,10,12H,2,4,6-7,16H2,(H,17,18)/t10-,12+/m1/s1. The predicted molar refractivity (Wildman–Crippen MR) is 72.9 cm³/mol. The normalized spacial score (nSPS) is 22.5. The molecule has 1 aliphatic heterocycles. The molecule has 2 rings (SSSR count). The van der Waals surface area contributed by atoms with E-state index in [9.17, 15) is 9.18 Å². The lowest BCUT2D eigenvalue weighted by molar-refractivity contribution is -0.132. The van der Waals surface area contributed by atoms with Gasteiger partial charge in [0, 0.05) is 17.6 Å². The van der Waals surface area contributed by atoms with E-state index in [1.807, 2.05) is 0 Å². The van der Waals surface area contributed by atoms with Crippen molar-refractivity contribution in [1.29, 1.82) is 0 Å². The number of amides is 1. The van der Waals surface area contributed by atoms with Gasteiger partial charge in [-0.2, -0.15) is 0 Å². The molecule has 0 aliphatic carbocycles. The number of nitrogens with two attached hydrogens (primary N) is 1.